The maximum atomic E-state index is 12.9. The van der Waals surface area contributed by atoms with Crippen LogP contribution in [0.25, 0.3) is 22.4 Å². The number of furan rings is 1. The number of hydrogen-bond acceptors (Lipinski definition) is 5. The number of hydrogen-bond donors (Lipinski definition) is 0. The van der Waals surface area contributed by atoms with Gasteiger partial charge in [0.15, 0.2) is 0 Å². The number of rotatable bonds is 8. The summed E-state index contributed by atoms with van der Waals surface area (Å²) in [6.07, 6.45) is -1.71. The van der Waals surface area contributed by atoms with E-state index in [4.69, 9.17) is 13.6 Å². The molecule has 0 N–H and O–H groups in total. The Balaban J connectivity index is 1.52. The minimum atomic E-state index is -4.40. The molecule has 2 aromatic heterocycles. The van der Waals surface area contributed by atoms with Crippen molar-refractivity contribution < 1.29 is 31.5 Å². The molecular weight excluding hydrogens is 447 g/mol. The second-order valence-corrected chi connectivity index (χ2v) is 8.50. The highest BCUT2D eigenvalue weighted by atomic mass is 19.4. The van der Waals surface area contributed by atoms with Gasteiger partial charge in [0.05, 0.1) is 30.0 Å². The van der Waals surface area contributed by atoms with E-state index in [0.29, 0.717) is 29.3 Å². The Morgan fingerprint density at radius 1 is 1.09 bits per heavy atom. The van der Waals surface area contributed by atoms with Gasteiger partial charge >= 0.3 is 6.18 Å². The largest absolute Gasteiger partial charge is 0.493 e. The Morgan fingerprint density at radius 3 is 2.47 bits per heavy atom. The first-order valence-electron chi connectivity index (χ1n) is 10.9. The van der Waals surface area contributed by atoms with Crippen LogP contribution < -0.4 is 4.74 Å². The highest BCUT2D eigenvalue weighted by Gasteiger charge is 2.30. The fourth-order valence-electron chi connectivity index (χ4n) is 3.73. The van der Waals surface area contributed by atoms with Gasteiger partial charge in [-0.05, 0) is 42.3 Å². The van der Waals surface area contributed by atoms with Crippen LogP contribution in [0.5, 0.6) is 5.75 Å². The smallest absolute Gasteiger partial charge is 0.416 e. The standard InChI is InChI=1S/C26H24F3NO4/c1-15(2)23-24(34-25(30-23)17-4-6-19(7-5-17)26(27,28)29)16(3)13-32-20-8-9-21-18(10-11-31)14-33-22(21)12-20/h4-9,11-12,14-16H,10,13H2,1-3H3/t16-/m1/s1. The minimum Gasteiger partial charge on any atom is -0.493 e. The highest BCUT2D eigenvalue weighted by molar-refractivity contribution is 5.84. The fourth-order valence-corrected chi connectivity index (χ4v) is 3.73. The Bertz CT molecular complexity index is 1290. The summed E-state index contributed by atoms with van der Waals surface area (Å²) in [5.41, 5.74) is 1.95. The van der Waals surface area contributed by atoms with Crippen LogP contribution in [0.15, 0.2) is 57.6 Å². The molecule has 0 radical (unpaired) electrons. The molecule has 8 heteroatoms. The number of benzene rings is 2. The number of halogens is 3. The monoisotopic (exact) mass is 471 g/mol. The van der Waals surface area contributed by atoms with Gasteiger partial charge in [0.2, 0.25) is 5.89 Å². The number of carbonyl (C=O) groups is 1. The molecule has 2 aromatic carbocycles. The predicted octanol–water partition coefficient (Wildman–Crippen LogP) is 7.15. The molecule has 1 atom stereocenters. The van der Waals surface area contributed by atoms with Crippen LogP contribution in [0.1, 0.15) is 55.2 Å². The Morgan fingerprint density at radius 2 is 1.82 bits per heavy atom. The Hall–Kier alpha value is -3.55. The van der Waals surface area contributed by atoms with E-state index < -0.39 is 11.7 Å². The molecule has 0 saturated heterocycles. The van der Waals surface area contributed by atoms with E-state index in [1.807, 2.05) is 32.9 Å². The van der Waals surface area contributed by atoms with Crippen molar-refractivity contribution in [3.63, 3.8) is 0 Å². The summed E-state index contributed by atoms with van der Waals surface area (Å²) in [5.74, 6) is 1.42. The summed E-state index contributed by atoms with van der Waals surface area (Å²) in [6, 6.07) is 10.2. The number of ether oxygens (including phenoxy) is 1. The number of nitrogens with zero attached hydrogens (tertiary/aromatic N) is 1. The van der Waals surface area contributed by atoms with Gasteiger partial charge in [-0.1, -0.05) is 20.8 Å². The molecule has 0 aliphatic heterocycles. The van der Waals surface area contributed by atoms with E-state index in [1.54, 1.807) is 12.3 Å². The summed E-state index contributed by atoms with van der Waals surface area (Å²) >= 11 is 0. The van der Waals surface area contributed by atoms with Gasteiger partial charge in [-0.15, -0.1) is 0 Å². The van der Waals surface area contributed by atoms with Crippen molar-refractivity contribution in [1.82, 2.24) is 4.98 Å². The van der Waals surface area contributed by atoms with Crippen molar-refractivity contribution in [3.05, 3.63) is 71.3 Å². The van der Waals surface area contributed by atoms with Gasteiger partial charge < -0.3 is 18.4 Å². The van der Waals surface area contributed by atoms with Gasteiger partial charge in [-0.3, -0.25) is 0 Å². The molecule has 2 heterocycles. The predicted molar refractivity (Wildman–Crippen MR) is 121 cm³/mol. The number of carbonyl (C=O) groups excluding carboxylic acids is 1. The zero-order chi connectivity index (χ0) is 24.5. The van der Waals surface area contributed by atoms with Crippen molar-refractivity contribution in [3.8, 4) is 17.2 Å². The second kappa shape index (κ2) is 9.37. The molecule has 4 aromatic rings. The van der Waals surface area contributed by atoms with E-state index in [1.165, 1.54) is 12.1 Å². The van der Waals surface area contributed by atoms with Crippen LogP contribution in [0.2, 0.25) is 0 Å². The van der Waals surface area contributed by atoms with Gasteiger partial charge in [-0.25, -0.2) is 4.98 Å². The normalized spacial score (nSPS) is 12.9. The molecule has 0 bridgehead atoms. The molecule has 178 valence electrons. The summed E-state index contributed by atoms with van der Waals surface area (Å²) in [4.78, 5) is 15.4. The average Bonchev–Trinajstić information content (AvgIpc) is 3.42. The SMILES string of the molecule is CC(C)c1nc(-c2ccc(C(F)(F)F)cc2)oc1[C@H](C)COc1ccc2c(CC=O)coc2c1. The first-order valence-corrected chi connectivity index (χ1v) is 10.9. The zero-order valence-electron chi connectivity index (χ0n) is 19.0. The lowest BCUT2D eigenvalue weighted by molar-refractivity contribution is -0.137. The van der Waals surface area contributed by atoms with E-state index in [-0.39, 0.29) is 24.1 Å². The molecule has 5 nitrogen and oxygen atoms in total. The van der Waals surface area contributed by atoms with Gasteiger partial charge in [0.1, 0.15) is 23.4 Å². The third kappa shape index (κ3) is 4.85. The molecule has 34 heavy (non-hydrogen) atoms. The molecule has 4 rings (SSSR count). The van der Waals surface area contributed by atoms with Crippen LogP contribution in [-0.4, -0.2) is 17.9 Å². The summed E-state index contributed by atoms with van der Waals surface area (Å²) in [6.45, 7) is 6.20. The van der Waals surface area contributed by atoms with Crippen LogP contribution in [0.4, 0.5) is 13.2 Å². The van der Waals surface area contributed by atoms with Crippen LogP contribution >= 0.6 is 0 Å². The van der Waals surface area contributed by atoms with Crippen molar-refractivity contribution in [2.45, 2.75) is 45.2 Å². The maximum Gasteiger partial charge on any atom is 0.416 e. The molecule has 0 aliphatic carbocycles. The fraction of sp³-hybridized carbons (Fsp3) is 0.308. The minimum absolute atomic E-state index is 0.0557. The van der Waals surface area contributed by atoms with Crippen LogP contribution in [0.3, 0.4) is 0 Å². The van der Waals surface area contributed by atoms with Crippen molar-refractivity contribution in [2.75, 3.05) is 6.61 Å². The molecule has 0 spiro atoms. The lowest BCUT2D eigenvalue weighted by Crippen LogP contribution is -2.09. The van der Waals surface area contributed by atoms with Crippen molar-refractivity contribution in [1.29, 1.82) is 0 Å². The van der Waals surface area contributed by atoms with Crippen LogP contribution in [-0.2, 0) is 17.4 Å². The first-order chi connectivity index (χ1) is 16.2. The van der Waals surface area contributed by atoms with Gasteiger partial charge in [0.25, 0.3) is 0 Å². The lowest BCUT2D eigenvalue weighted by Gasteiger charge is -2.13. The topological polar surface area (TPSA) is 65.5 Å². The number of fused-ring (bicyclic) bond motifs is 1. The van der Waals surface area contributed by atoms with E-state index in [9.17, 15) is 18.0 Å². The molecule has 0 aliphatic rings. The number of oxazole rings is 1. The molecular formula is C26H24F3NO4. The third-order valence-corrected chi connectivity index (χ3v) is 5.57. The maximum absolute atomic E-state index is 12.9. The second-order valence-electron chi connectivity index (χ2n) is 8.50. The molecule has 0 unspecified atom stereocenters. The van der Waals surface area contributed by atoms with Crippen molar-refractivity contribution in [2.24, 2.45) is 0 Å². The first kappa shape index (κ1) is 23.6. The lowest BCUT2D eigenvalue weighted by atomic mass is 10.0. The number of aromatic nitrogens is 1. The van der Waals surface area contributed by atoms with Gasteiger partial charge in [0, 0.05) is 29.0 Å². The number of aldehydes is 1. The van der Waals surface area contributed by atoms with Gasteiger partial charge in [-0.2, -0.15) is 13.2 Å². The highest BCUT2D eigenvalue weighted by Crippen LogP contribution is 2.34. The van der Waals surface area contributed by atoms with E-state index >= 15 is 0 Å². The third-order valence-electron chi connectivity index (χ3n) is 5.57. The Kier molecular flexibility index (Phi) is 6.50. The summed E-state index contributed by atoms with van der Waals surface area (Å²) in [7, 11) is 0. The Labute approximate surface area is 194 Å². The van der Waals surface area contributed by atoms with E-state index in [0.717, 1.165) is 35.1 Å². The molecule has 0 fully saturated rings. The average molecular weight is 471 g/mol. The zero-order valence-corrected chi connectivity index (χ0v) is 19.0. The van der Waals surface area contributed by atoms with Crippen molar-refractivity contribution >= 4 is 17.3 Å². The number of alkyl halides is 3. The molecule has 0 amide bonds. The summed E-state index contributed by atoms with van der Waals surface area (Å²) in [5, 5.41) is 0.867. The van der Waals surface area contributed by atoms with E-state index in [2.05, 4.69) is 4.98 Å². The quantitative estimate of drug-likeness (QED) is 0.255. The van der Waals surface area contributed by atoms with Crippen LogP contribution in [0, 0.1) is 0 Å². The molecule has 0 saturated carbocycles. The summed E-state index contributed by atoms with van der Waals surface area (Å²) < 4.78 is 56.1.